The van der Waals surface area contributed by atoms with Crippen molar-refractivity contribution in [1.29, 1.82) is 0 Å². The maximum absolute atomic E-state index is 12.4. The molecule has 4 rings (SSSR count). The number of hydrogen-bond donors (Lipinski definition) is 1. The molecule has 0 saturated heterocycles. The lowest BCUT2D eigenvalue weighted by atomic mass is 10.2. The highest BCUT2D eigenvalue weighted by Crippen LogP contribution is 2.30. The Hall–Kier alpha value is -2.90. The van der Waals surface area contributed by atoms with E-state index < -0.39 is 5.91 Å². The fraction of sp³-hybridized carbons (Fsp3) is 0.0556. The number of fused-ring (bicyclic) bond motifs is 1. The number of nitrogens with one attached hydrogen (secondary N) is 1. The number of methoxy groups -OCH3 is 1. The van der Waals surface area contributed by atoms with Gasteiger partial charge in [-0.05, 0) is 24.3 Å². The molecule has 2 aromatic heterocycles. The normalized spacial score (nSPS) is 10.8. The summed E-state index contributed by atoms with van der Waals surface area (Å²) in [6.07, 6.45) is 0. The van der Waals surface area contributed by atoms with E-state index in [9.17, 15) is 4.79 Å². The van der Waals surface area contributed by atoms with Crippen molar-refractivity contribution in [2.45, 2.75) is 0 Å². The second kappa shape index (κ2) is 6.78. The van der Waals surface area contributed by atoms with Crippen molar-refractivity contribution in [2.24, 2.45) is 0 Å². The first-order valence-corrected chi connectivity index (χ1v) is 8.81. The Morgan fingerprint density at radius 1 is 1.19 bits per heavy atom. The monoisotopic (exact) mass is 385 g/mol. The highest BCUT2D eigenvalue weighted by molar-refractivity contribution is 7.18. The number of carbonyl (C=O) groups excluding carboxylic acids is 1. The number of carbonyl (C=O) groups is 1. The molecule has 0 spiro atoms. The molecule has 1 N–H and O–H groups in total. The number of hydrogen-bond acceptors (Lipinski definition) is 6. The number of amides is 1. The van der Waals surface area contributed by atoms with Crippen LogP contribution in [0.1, 0.15) is 10.6 Å². The van der Waals surface area contributed by atoms with E-state index in [-0.39, 0.29) is 5.76 Å². The Kier molecular flexibility index (Phi) is 4.32. The minimum absolute atomic E-state index is 0.174. The summed E-state index contributed by atoms with van der Waals surface area (Å²) in [4.78, 5) is 12.4. The fourth-order valence-corrected chi connectivity index (χ4v) is 3.32. The summed E-state index contributed by atoms with van der Waals surface area (Å²) in [5.41, 5.74) is 1.40. The van der Waals surface area contributed by atoms with Gasteiger partial charge in [-0.15, -0.1) is 10.2 Å². The van der Waals surface area contributed by atoms with Gasteiger partial charge in [0.15, 0.2) is 17.1 Å². The predicted octanol–water partition coefficient (Wildman–Crippen LogP) is 4.87. The Labute approximate surface area is 157 Å². The van der Waals surface area contributed by atoms with Crippen LogP contribution >= 0.6 is 22.9 Å². The highest BCUT2D eigenvalue weighted by atomic mass is 35.5. The quantitative estimate of drug-likeness (QED) is 0.542. The van der Waals surface area contributed by atoms with Gasteiger partial charge in [0, 0.05) is 16.0 Å². The topological polar surface area (TPSA) is 77.2 Å². The van der Waals surface area contributed by atoms with Gasteiger partial charge in [0.05, 0.1) is 7.11 Å². The molecule has 0 fully saturated rings. The number of furan rings is 1. The Balaban J connectivity index is 1.56. The van der Waals surface area contributed by atoms with Gasteiger partial charge in [0.2, 0.25) is 5.13 Å². The van der Waals surface area contributed by atoms with Crippen LogP contribution in [-0.4, -0.2) is 23.2 Å². The number of anilines is 1. The maximum Gasteiger partial charge on any atom is 0.293 e. The van der Waals surface area contributed by atoms with Crippen LogP contribution in [0.5, 0.6) is 5.75 Å². The van der Waals surface area contributed by atoms with Crippen LogP contribution < -0.4 is 10.1 Å². The van der Waals surface area contributed by atoms with Gasteiger partial charge >= 0.3 is 0 Å². The Bertz CT molecular complexity index is 1090. The van der Waals surface area contributed by atoms with E-state index in [1.165, 1.54) is 11.3 Å². The molecule has 130 valence electrons. The van der Waals surface area contributed by atoms with Gasteiger partial charge < -0.3 is 9.15 Å². The molecule has 2 heterocycles. The summed E-state index contributed by atoms with van der Waals surface area (Å²) >= 11 is 7.15. The molecular formula is C18H12ClN3O3S. The molecule has 0 atom stereocenters. The lowest BCUT2D eigenvalue weighted by Gasteiger charge is -1.99. The molecule has 0 saturated carbocycles. The SMILES string of the molecule is COc1cccc2cc(C(=O)Nc3nnc(-c4ccc(Cl)cc4)s3)oc12. The summed E-state index contributed by atoms with van der Waals surface area (Å²) in [5.74, 6) is 0.345. The van der Waals surface area contributed by atoms with Crippen LogP contribution in [0.3, 0.4) is 0 Å². The molecule has 6 nitrogen and oxygen atoms in total. The van der Waals surface area contributed by atoms with Crippen LogP contribution in [0.2, 0.25) is 5.02 Å². The summed E-state index contributed by atoms with van der Waals surface area (Å²) in [6.45, 7) is 0. The predicted molar refractivity (Wildman–Crippen MR) is 101 cm³/mol. The van der Waals surface area contributed by atoms with Crippen molar-refractivity contribution in [1.82, 2.24) is 10.2 Å². The molecule has 0 bridgehead atoms. The van der Waals surface area contributed by atoms with Crippen LogP contribution in [0.15, 0.2) is 52.9 Å². The van der Waals surface area contributed by atoms with E-state index >= 15 is 0 Å². The van der Waals surface area contributed by atoms with E-state index in [0.29, 0.717) is 26.5 Å². The summed E-state index contributed by atoms with van der Waals surface area (Å²) in [5, 5.41) is 13.3. The zero-order chi connectivity index (χ0) is 18.1. The van der Waals surface area contributed by atoms with Gasteiger partial charge in [-0.3, -0.25) is 10.1 Å². The molecular weight excluding hydrogens is 374 g/mol. The third-order valence-electron chi connectivity index (χ3n) is 3.69. The van der Waals surface area contributed by atoms with Crippen molar-refractivity contribution in [3.05, 3.63) is 59.3 Å². The third kappa shape index (κ3) is 3.14. The third-order valence-corrected chi connectivity index (χ3v) is 4.83. The number of halogens is 1. The number of aromatic nitrogens is 2. The zero-order valence-corrected chi connectivity index (χ0v) is 15.1. The Morgan fingerprint density at radius 3 is 2.77 bits per heavy atom. The van der Waals surface area contributed by atoms with Crippen molar-refractivity contribution >= 4 is 44.9 Å². The Morgan fingerprint density at radius 2 is 2.00 bits per heavy atom. The number of nitrogens with zero attached hydrogens (tertiary/aromatic N) is 2. The van der Waals surface area contributed by atoms with Gasteiger partial charge in [0.1, 0.15) is 5.01 Å². The van der Waals surface area contributed by atoms with E-state index in [0.717, 1.165) is 10.9 Å². The van der Waals surface area contributed by atoms with E-state index in [1.54, 1.807) is 31.4 Å². The highest BCUT2D eigenvalue weighted by Gasteiger charge is 2.17. The molecule has 26 heavy (non-hydrogen) atoms. The van der Waals surface area contributed by atoms with Crippen LogP contribution in [0.25, 0.3) is 21.5 Å². The second-order valence-corrected chi connectivity index (χ2v) is 6.78. The first-order chi connectivity index (χ1) is 12.6. The summed E-state index contributed by atoms with van der Waals surface area (Å²) < 4.78 is 10.9. The molecule has 0 aliphatic heterocycles. The summed E-state index contributed by atoms with van der Waals surface area (Å²) in [6, 6.07) is 14.4. The first-order valence-electron chi connectivity index (χ1n) is 7.61. The average Bonchev–Trinajstić information content (AvgIpc) is 3.29. The lowest BCUT2D eigenvalue weighted by Crippen LogP contribution is -2.10. The van der Waals surface area contributed by atoms with E-state index in [1.807, 2.05) is 24.3 Å². The molecule has 0 unspecified atom stereocenters. The number of para-hydroxylation sites is 1. The van der Waals surface area contributed by atoms with Crippen molar-refractivity contribution in [2.75, 3.05) is 12.4 Å². The molecule has 0 radical (unpaired) electrons. The standard InChI is InChI=1S/C18H12ClN3O3S/c1-24-13-4-2-3-11-9-14(25-15(11)13)16(23)20-18-22-21-17(26-18)10-5-7-12(19)8-6-10/h2-9H,1H3,(H,20,22,23). The molecule has 1 amide bonds. The first kappa shape index (κ1) is 16.6. The molecule has 0 aliphatic carbocycles. The number of ether oxygens (including phenoxy) is 1. The van der Waals surface area contributed by atoms with Crippen molar-refractivity contribution in [3.63, 3.8) is 0 Å². The van der Waals surface area contributed by atoms with Gasteiger partial charge in [0.25, 0.3) is 5.91 Å². The van der Waals surface area contributed by atoms with Gasteiger partial charge in [-0.1, -0.05) is 47.2 Å². The fourth-order valence-electron chi connectivity index (χ4n) is 2.45. The summed E-state index contributed by atoms with van der Waals surface area (Å²) in [7, 11) is 1.55. The second-order valence-electron chi connectivity index (χ2n) is 5.36. The van der Waals surface area contributed by atoms with Gasteiger partial charge in [-0.2, -0.15) is 0 Å². The van der Waals surface area contributed by atoms with Crippen LogP contribution in [0, 0.1) is 0 Å². The molecule has 0 aliphatic rings. The van der Waals surface area contributed by atoms with Crippen molar-refractivity contribution in [3.8, 4) is 16.3 Å². The molecule has 2 aromatic carbocycles. The van der Waals surface area contributed by atoms with Crippen LogP contribution in [0.4, 0.5) is 5.13 Å². The smallest absolute Gasteiger partial charge is 0.293 e. The van der Waals surface area contributed by atoms with E-state index in [2.05, 4.69) is 15.5 Å². The molecule has 8 heteroatoms. The van der Waals surface area contributed by atoms with Crippen molar-refractivity contribution < 1.29 is 13.9 Å². The van der Waals surface area contributed by atoms with E-state index in [4.69, 9.17) is 20.8 Å². The number of rotatable bonds is 4. The average molecular weight is 386 g/mol. The molecule has 4 aromatic rings. The lowest BCUT2D eigenvalue weighted by molar-refractivity contribution is 0.0998. The van der Waals surface area contributed by atoms with Gasteiger partial charge in [-0.25, -0.2) is 0 Å². The minimum Gasteiger partial charge on any atom is -0.493 e. The largest absolute Gasteiger partial charge is 0.493 e. The van der Waals surface area contributed by atoms with Crippen LogP contribution in [-0.2, 0) is 0 Å². The zero-order valence-electron chi connectivity index (χ0n) is 13.5. The minimum atomic E-state index is -0.401. The number of benzene rings is 2. The maximum atomic E-state index is 12.4.